The molecule has 7 nitrogen and oxygen atoms in total. The average Bonchev–Trinajstić information content (AvgIpc) is 3.25. The Morgan fingerprint density at radius 2 is 1.73 bits per heavy atom. The normalized spacial score (nSPS) is 18.1. The predicted octanol–water partition coefficient (Wildman–Crippen LogP) is 5.87. The van der Waals surface area contributed by atoms with Crippen LogP contribution in [0.15, 0.2) is 48.5 Å². The Bertz CT molecular complexity index is 1220. The zero-order chi connectivity index (χ0) is 26.6. The molecule has 3 aromatic rings. The summed E-state index contributed by atoms with van der Waals surface area (Å²) in [7, 11) is 0. The maximum atomic E-state index is 12.4. The number of nitrogens with one attached hydrogen (secondary N) is 1. The van der Waals surface area contributed by atoms with Gasteiger partial charge in [-0.05, 0) is 73.8 Å². The van der Waals surface area contributed by atoms with Crippen molar-refractivity contribution in [2.24, 2.45) is 11.3 Å². The third kappa shape index (κ3) is 6.32. The summed E-state index contributed by atoms with van der Waals surface area (Å²) < 4.78 is 2.31. The number of nitrogens with zero attached hydrogens (tertiary/aromatic N) is 3. The zero-order valence-electron chi connectivity index (χ0n) is 22.5. The number of carbonyl (C=O) groups excluding carboxylic acids is 1. The number of carboxylic acids is 1. The van der Waals surface area contributed by atoms with Crippen LogP contribution in [0.2, 0.25) is 0 Å². The largest absolute Gasteiger partial charge is 0.481 e. The van der Waals surface area contributed by atoms with Crippen molar-refractivity contribution < 1.29 is 14.7 Å². The lowest BCUT2D eigenvalue weighted by Crippen LogP contribution is -2.41. The van der Waals surface area contributed by atoms with Crippen molar-refractivity contribution in [3.8, 4) is 0 Å². The van der Waals surface area contributed by atoms with E-state index in [1.807, 2.05) is 30.3 Å². The third-order valence-electron chi connectivity index (χ3n) is 7.76. The van der Waals surface area contributed by atoms with E-state index in [-0.39, 0.29) is 18.9 Å². The molecule has 1 aliphatic carbocycles. The first kappa shape index (κ1) is 26.7. The van der Waals surface area contributed by atoms with Crippen LogP contribution in [0.25, 0.3) is 11.0 Å². The number of carboxylic acid groups (broad SMARTS) is 1. The first-order valence-corrected chi connectivity index (χ1v) is 13.5. The molecule has 1 aromatic heterocycles. The third-order valence-corrected chi connectivity index (χ3v) is 7.76. The topological polar surface area (TPSA) is 87.5 Å². The van der Waals surface area contributed by atoms with Crippen molar-refractivity contribution in [1.82, 2.24) is 14.9 Å². The van der Waals surface area contributed by atoms with Crippen molar-refractivity contribution in [3.63, 3.8) is 0 Å². The lowest BCUT2D eigenvalue weighted by molar-refractivity contribution is -0.136. The monoisotopic (exact) mass is 504 g/mol. The quantitative estimate of drug-likeness (QED) is 0.380. The van der Waals surface area contributed by atoms with Gasteiger partial charge in [0.15, 0.2) is 0 Å². The van der Waals surface area contributed by atoms with Crippen LogP contribution in [0.1, 0.15) is 75.7 Å². The fourth-order valence-corrected chi connectivity index (χ4v) is 5.55. The van der Waals surface area contributed by atoms with Gasteiger partial charge in [0.05, 0.1) is 17.5 Å². The van der Waals surface area contributed by atoms with Crippen LogP contribution in [-0.2, 0) is 17.9 Å². The number of aryl methyl sites for hydroxylation is 1. The molecule has 2 N–H and O–H groups in total. The van der Waals surface area contributed by atoms with Gasteiger partial charge in [-0.3, -0.25) is 9.59 Å². The molecule has 1 heterocycles. The second-order valence-corrected chi connectivity index (χ2v) is 11.2. The summed E-state index contributed by atoms with van der Waals surface area (Å²) in [5.41, 5.74) is 4.15. The molecule has 0 spiro atoms. The van der Waals surface area contributed by atoms with Crippen LogP contribution in [-0.4, -0.2) is 39.1 Å². The fraction of sp³-hybridized carbons (Fsp3) is 0.500. The number of carbonyl (C=O) groups is 2. The van der Waals surface area contributed by atoms with E-state index in [0.29, 0.717) is 17.0 Å². The number of hydrogen-bond acceptors (Lipinski definition) is 4. The summed E-state index contributed by atoms with van der Waals surface area (Å²) in [4.78, 5) is 30.7. The standard InChI is InChI=1S/C30H40N4O3/c1-5-33-26-9-7-6-8-25(26)32-29(33)34(24-16-14-23(15-17-24)30(2,3)4)20-21-10-12-22(13-11-21)28(37)31-19-18-27(35)36/h6-13,23-24H,5,14-20H2,1-4H3,(H,31,37)(H,35,36). The van der Waals surface area contributed by atoms with Crippen LogP contribution in [0, 0.1) is 11.3 Å². The molecule has 1 saturated carbocycles. The first-order chi connectivity index (χ1) is 17.7. The first-order valence-electron chi connectivity index (χ1n) is 13.5. The molecule has 1 amide bonds. The molecule has 37 heavy (non-hydrogen) atoms. The van der Waals surface area contributed by atoms with Crippen LogP contribution in [0.3, 0.4) is 0 Å². The molecule has 1 fully saturated rings. The Morgan fingerprint density at radius 3 is 2.35 bits per heavy atom. The molecule has 1 aliphatic rings. The maximum absolute atomic E-state index is 12.4. The van der Waals surface area contributed by atoms with Gasteiger partial charge < -0.3 is 19.9 Å². The van der Waals surface area contributed by atoms with E-state index in [1.54, 1.807) is 0 Å². The number of rotatable bonds is 9. The van der Waals surface area contributed by atoms with Crippen molar-refractivity contribution in [2.75, 3.05) is 11.4 Å². The molecule has 7 heteroatoms. The van der Waals surface area contributed by atoms with Gasteiger partial charge in [0.2, 0.25) is 5.95 Å². The summed E-state index contributed by atoms with van der Waals surface area (Å²) in [6.07, 6.45) is 4.62. The Morgan fingerprint density at radius 1 is 1.05 bits per heavy atom. The minimum atomic E-state index is -0.926. The van der Waals surface area contributed by atoms with Crippen LogP contribution < -0.4 is 10.2 Å². The lowest BCUT2D eigenvalue weighted by atomic mass is 9.71. The minimum absolute atomic E-state index is 0.0886. The highest BCUT2D eigenvalue weighted by Gasteiger charge is 2.33. The van der Waals surface area contributed by atoms with Gasteiger partial charge in [0.25, 0.3) is 5.91 Å². The van der Waals surface area contributed by atoms with Gasteiger partial charge in [-0.2, -0.15) is 0 Å². The Kier molecular flexibility index (Phi) is 8.20. The number of anilines is 1. The molecule has 0 radical (unpaired) electrons. The number of imidazole rings is 1. The maximum Gasteiger partial charge on any atom is 0.305 e. The van der Waals surface area contributed by atoms with Crippen molar-refractivity contribution in [2.45, 2.75) is 78.9 Å². The summed E-state index contributed by atoms with van der Waals surface area (Å²) >= 11 is 0. The zero-order valence-corrected chi connectivity index (χ0v) is 22.5. The van der Waals surface area contributed by atoms with E-state index in [0.717, 1.165) is 54.4 Å². The minimum Gasteiger partial charge on any atom is -0.481 e. The van der Waals surface area contributed by atoms with Gasteiger partial charge in [-0.15, -0.1) is 0 Å². The number of hydrogen-bond donors (Lipinski definition) is 2. The Balaban J connectivity index is 1.58. The van der Waals surface area contributed by atoms with E-state index in [9.17, 15) is 9.59 Å². The second kappa shape index (κ2) is 11.4. The molecule has 0 unspecified atom stereocenters. The molecule has 198 valence electrons. The number of fused-ring (bicyclic) bond motifs is 1. The van der Waals surface area contributed by atoms with E-state index >= 15 is 0 Å². The molecular formula is C30H40N4O3. The van der Waals surface area contributed by atoms with Crippen LogP contribution >= 0.6 is 0 Å². The van der Waals surface area contributed by atoms with Gasteiger partial charge in [0, 0.05) is 31.2 Å². The number of para-hydroxylation sites is 2. The predicted molar refractivity (Wildman–Crippen MR) is 148 cm³/mol. The SMILES string of the molecule is CCn1c(N(Cc2ccc(C(=O)NCCC(=O)O)cc2)C2CCC(C(C)(C)C)CC2)nc2ccccc21. The van der Waals surface area contributed by atoms with Crippen molar-refractivity contribution in [1.29, 1.82) is 0 Å². The number of benzene rings is 2. The summed E-state index contributed by atoms with van der Waals surface area (Å²) in [5, 5.41) is 11.5. The highest BCUT2D eigenvalue weighted by Crippen LogP contribution is 2.40. The van der Waals surface area contributed by atoms with Crippen molar-refractivity contribution in [3.05, 3.63) is 59.7 Å². The van der Waals surface area contributed by atoms with E-state index < -0.39 is 5.97 Å². The van der Waals surface area contributed by atoms with Gasteiger partial charge in [-0.25, -0.2) is 4.98 Å². The van der Waals surface area contributed by atoms with E-state index in [4.69, 9.17) is 10.1 Å². The number of amides is 1. The van der Waals surface area contributed by atoms with Crippen LogP contribution in [0.4, 0.5) is 5.95 Å². The molecule has 0 saturated heterocycles. The van der Waals surface area contributed by atoms with E-state index in [1.165, 1.54) is 12.8 Å². The summed E-state index contributed by atoms with van der Waals surface area (Å²) in [5.74, 6) is 0.566. The molecule has 0 atom stereocenters. The molecule has 0 bridgehead atoms. The number of aromatic nitrogens is 2. The van der Waals surface area contributed by atoms with Gasteiger partial charge >= 0.3 is 5.97 Å². The van der Waals surface area contributed by atoms with Gasteiger partial charge in [-0.1, -0.05) is 45.0 Å². The average molecular weight is 505 g/mol. The summed E-state index contributed by atoms with van der Waals surface area (Å²) in [6, 6.07) is 16.4. The Hall–Kier alpha value is -3.35. The van der Waals surface area contributed by atoms with Gasteiger partial charge in [0.1, 0.15) is 0 Å². The Labute approximate surface area is 219 Å². The second-order valence-electron chi connectivity index (χ2n) is 11.2. The summed E-state index contributed by atoms with van der Waals surface area (Å²) in [6.45, 7) is 10.9. The van der Waals surface area contributed by atoms with Crippen molar-refractivity contribution >= 4 is 28.9 Å². The highest BCUT2D eigenvalue weighted by atomic mass is 16.4. The number of aliphatic carboxylic acids is 1. The lowest BCUT2D eigenvalue weighted by Gasteiger charge is -2.41. The molecule has 0 aliphatic heterocycles. The fourth-order valence-electron chi connectivity index (χ4n) is 5.55. The smallest absolute Gasteiger partial charge is 0.305 e. The van der Waals surface area contributed by atoms with Crippen LogP contribution in [0.5, 0.6) is 0 Å². The highest BCUT2D eigenvalue weighted by molar-refractivity contribution is 5.94. The molecule has 4 rings (SSSR count). The molecular weight excluding hydrogens is 464 g/mol. The molecule has 2 aromatic carbocycles. The van der Waals surface area contributed by atoms with E-state index in [2.05, 4.69) is 60.7 Å².